The zero-order valence-electron chi connectivity index (χ0n) is 16.8. The Hall–Kier alpha value is -1.74. The first-order valence-electron chi connectivity index (χ1n) is 9.67. The van der Waals surface area contributed by atoms with Crippen molar-refractivity contribution >= 4 is 11.8 Å². The van der Waals surface area contributed by atoms with Gasteiger partial charge in [0.15, 0.2) is 0 Å². The number of piperidine rings is 1. The maximum atomic E-state index is 12.8. The number of β-amino-alcohol motifs (C(OH)–C–C–N with tert-alkyl or cyclic N) is 1. The summed E-state index contributed by atoms with van der Waals surface area (Å²) in [4.78, 5) is 28.5. The van der Waals surface area contributed by atoms with E-state index in [1.165, 1.54) is 10.5 Å². The van der Waals surface area contributed by atoms with Crippen molar-refractivity contribution in [3.8, 4) is 0 Å². The maximum Gasteiger partial charge on any atom is 0.316 e. The Kier molecular flexibility index (Phi) is 5.44. The molecule has 2 heterocycles. The lowest BCUT2D eigenvalue weighted by Gasteiger charge is -2.56. The van der Waals surface area contributed by atoms with Gasteiger partial charge in [-0.15, -0.1) is 0 Å². The highest BCUT2D eigenvalue weighted by Gasteiger charge is 2.54. The second-order valence-electron chi connectivity index (χ2n) is 8.82. The third-order valence-corrected chi connectivity index (χ3v) is 6.59. The fourth-order valence-corrected chi connectivity index (χ4v) is 4.80. The molecule has 2 unspecified atom stereocenters. The van der Waals surface area contributed by atoms with Crippen molar-refractivity contribution < 1.29 is 30.0 Å². The van der Waals surface area contributed by atoms with Gasteiger partial charge < -0.3 is 30.2 Å². The van der Waals surface area contributed by atoms with Crippen molar-refractivity contribution in [2.45, 2.75) is 58.5 Å². The molecule has 156 valence electrons. The Morgan fingerprint density at radius 2 is 1.79 bits per heavy atom. The first-order chi connectivity index (χ1) is 13.0. The van der Waals surface area contributed by atoms with Crippen LogP contribution >= 0.6 is 0 Å². The summed E-state index contributed by atoms with van der Waals surface area (Å²) in [5.74, 6) is -1.32. The number of nitrogens with zero attached hydrogens (tertiary/aromatic N) is 2. The van der Waals surface area contributed by atoms with Gasteiger partial charge in [0.05, 0.1) is 19.2 Å². The third-order valence-electron chi connectivity index (χ3n) is 6.59. The fourth-order valence-electron chi connectivity index (χ4n) is 4.80. The summed E-state index contributed by atoms with van der Waals surface area (Å²) in [6.45, 7) is 7.78. The minimum Gasteiger partial charge on any atom is -0.394 e. The summed E-state index contributed by atoms with van der Waals surface area (Å²) in [6, 6.07) is -0.301. The van der Waals surface area contributed by atoms with E-state index in [1.807, 2.05) is 13.0 Å². The van der Waals surface area contributed by atoms with Crippen LogP contribution in [0, 0.1) is 11.3 Å². The topological polar surface area (TPSA) is 122 Å². The lowest BCUT2D eigenvalue weighted by atomic mass is 9.62. The van der Waals surface area contributed by atoms with Crippen LogP contribution in [0.4, 0.5) is 0 Å². The highest BCUT2D eigenvalue weighted by Crippen LogP contribution is 2.50. The van der Waals surface area contributed by atoms with Crippen LogP contribution in [0.3, 0.4) is 0 Å². The van der Waals surface area contributed by atoms with Crippen LogP contribution in [0.1, 0.15) is 34.1 Å². The lowest BCUT2D eigenvalue weighted by Crippen LogP contribution is -2.66. The van der Waals surface area contributed by atoms with E-state index in [2.05, 4.69) is 20.8 Å². The fraction of sp³-hybridized carbons (Fsp3) is 0.700. The number of hydrogen-bond donors (Lipinski definition) is 4. The monoisotopic (exact) mass is 394 g/mol. The summed E-state index contributed by atoms with van der Waals surface area (Å²) in [5.41, 5.74) is 2.77. The Balaban J connectivity index is 2.00. The average molecular weight is 394 g/mol. The predicted molar refractivity (Wildman–Crippen MR) is 101 cm³/mol. The van der Waals surface area contributed by atoms with E-state index in [4.69, 9.17) is 5.11 Å². The molecule has 2 aliphatic heterocycles. The SMILES string of the molecule is CC1=C(C)C2C3C(=C1)N(C[C@@H](O)[C@H](O)[C@H](O)CO)C(=O)C(=O)N3CCC2(C)C. The molecule has 2 amide bonds. The first-order valence-corrected chi connectivity index (χ1v) is 9.67. The number of piperazine rings is 1. The molecule has 28 heavy (non-hydrogen) atoms. The van der Waals surface area contributed by atoms with Crippen LogP contribution in [0.15, 0.2) is 22.9 Å². The van der Waals surface area contributed by atoms with Crippen LogP contribution < -0.4 is 0 Å². The second kappa shape index (κ2) is 7.26. The molecule has 0 saturated carbocycles. The Bertz CT molecular complexity index is 743. The van der Waals surface area contributed by atoms with Crippen molar-refractivity contribution in [1.29, 1.82) is 0 Å². The number of aliphatic hydroxyl groups is 4. The predicted octanol–water partition coefficient (Wildman–Crippen LogP) is -0.619. The number of aliphatic hydroxyl groups excluding tert-OH is 4. The normalized spacial score (nSPS) is 30.1. The van der Waals surface area contributed by atoms with Gasteiger partial charge in [0.1, 0.15) is 18.3 Å². The van der Waals surface area contributed by atoms with Crippen molar-refractivity contribution in [1.82, 2.24) is 9.80 Å². The second-order valence-corrected chi connectivity index (χ2v) is 8.82. The van der Waals surface area contributed by atoms with Crippen LogP contribution in [0.5, 0.6) is 0 Å². The number of amides is 2. The molecule has 8 heteroatoms. The van der Waals surface area contributed by atoms with Crippen molar-refractivity contribution in [2.75, 3.05) is 19.7 Å². The van der Waals surface area contributed by atoms with E-state index >= 15 is 0 Å². The molecule has 0 aromatic heterocycles. The molecule has 0 radical (unpaired) electrons. The molecule has 0 bridgehead atoms. The molecule has 0 spiro atoms. The minimum atomic E-state index is -1.63. The maximum absolute atomic E-state index is 12.8. The summed E-state index contributed by atoms with van der Waals surface area (Å²) < 4.78 is 0. The number of hydrogen-bond acceptors (Lipinski definition) is 6. The van der Waals surface area contributed by atoms with E-state index in [1.54, 1.807) is 4.90 Å². The van der Waals surface area contributed by atoms with Crippen LogP contribution in [0.25, 0.3) is 0 Å². The molecular formula is C20H30N2O6. The van der Waals surface area contributed by atoms with Gasteiger partial charge in [0.25, 0.3) is 0 Å². The molecule has 3 rings (SSSR count). The molecule has 2 fully saturated rings. The third kappa shape index (κ3) is 3.18. The van der Waals surface area contributed by atoms with Crippen LogP contribution in [-0.2, 0) is 9.59 Å². The van der Waals surface area contributed by atoms with Gasteiger partial charge >= 0.3 is 11.8 Å². The molecule has 8 nitrogen and oxygen atoms in total. The Labute approximate surface area is 164 Å². The highest BCUT2D eigenvalue weighted by atomic mass is 16.4. The van der Waals surface area contributed by atoms with Crippen molar-refractivity contribution in [3.63, 3.8) is 0 Å². The number of allylic oxidation sites excluding steroid dienone is 2. The first kappa shape index (κ1) is 21.0. The Morgan fingerprint density at radius 1 is 1.14 bits per heavy atom. The van der Waals surface area contributed by atoms with Crippen LogP contribution in [0.2, 0.25) is 0 Å². The highest BCUT2D eigenvalue weighted by molar-refractivity contribution is 6.36. The number of rotatable bonds is 5. The van der Waals surface area contributed by atoms with Gasteiger partial charge in [-0.1, -0.05) is 19.4 Å². The van der Waals surface area contributed by atoms with Gasteiger partial charge in [-0.2, -0.15) is 0 Å². The molecule has 4 N–H and O–H groups in total. The quantitative estimate of drug-likeness (QED) is 0.461. The largest absolute Gasteiger partial charge is 0.394 e. The van der Waals surface area contributed by atoms with E-state index < -0.39 is 36.7 Å². The molecular weight excluding hydrogens is 364 g/mol. The van der Waals surface area contributed by atoms with Crippen LogP contribution in [-0.4, -0.2) is 86.1 Å². The van der Waals surface area contributed by atoms with Crippen molar-refractivity contribution in [2.24, 2.45) is 11.3 Å². The molecule has 0 aromatic rings. The molecule has 2 saturated heterocycles. The smallest absolute Gasteiger partial charge is 0.316 e. The summed E-state index contributed by atoms with van der Waals surface area (Å²) in [6.07, 6.45) is -2.01. The minimum absolute atomic E-state index is 0.0471. The number of carbonyl (C=O) groups is 2. The summed E-state index contributed by atoms with van der Waals surface area (Å²) in [7, 11) is 0. The summed E-state index contributed by atoms with van der Waals surface area (Å²) in [5, 5.41) is 38.9. The Morgan fingerprint density at radius 3 is 2.39 bits per heavy atom. The van der Waals surface area contributed by atoms with E-state index in [0.29, 0.717) is 12.2 Å². The van der Waals surface area contributed by atoms with Crippen molar-refractivity contribution in [3.05, 3.63) is 22.9 Å². The van der Waals surface area contributed by atoms with Gasteiger partial charge in [-0.3, -0.25) is 9.59 Å². The zero-order valence-corrected chi connectivity index (χ0v) is 16.8. The average Bonchev–Trinajstić information content (AvgIpc) is 2.65. The molecule has 5 atom stereocenters. The molecule has 1 aliphatic carbocycles. The molecule has 3 aliphatic rings. The summed E-state index contributed by atoms with van der Waals surface area (Å²) >= 11 is 0. The molecule has 0 aromatic carbocycles. The van der Waals surface area contributed by atoms with E-state index in [-0.39, 0.29) is 23.9 Å². The van der Waals surface area contributed by atoms with E-state index in [9.17, 15) is 24.9 Å². The standard InChI is InChI=1S/C20H30N2O6/c1-10-7-12-16-15(11(10)2)20(3,4)5-6-21(16)18(27)19(28)22(12)8-13(24)17(26)14(25)9-23/h7,13-17,23-26H,5-6,8-9H2,1-4H3/t13-,14-,15?,16?,17+/m1/s1. The van der Waals surface area contributed by atoms with Gasteiger partial charge in [0, 0.05) is 18.2 Å². The van der Waals surface area contributed by atoms with E-state index in [0.717, 1.165) is 12.0 Å². The lowest BCUT2D eigenvalue weighted by molar-refractivity contribution is -0.162. The zero-order chi connectivity index (χ0) is 21.0. The van der Waals surface area contributed by atoms with Gasteiger partial charge in [-0.05, 0) is 37.3 Å². The van der Waals surface area contributed by atoms with Gasteiger partial charge in [-0.25, -0.2) is 0 Å². The van der Waals surface area contributed by atoms with Gasteiger partial charge in [0.2, 0.25) is 0 Å². The number of carbonyl (C=O) groups excluding carboxylic acids is 2.